The molecular weight excluding hydrogens is 238 g/mol. The average Bonchev–Trinajstić information content (AvgIpc) is 2.64. The summed E-state index contributed by atoms with van der Waals surface area (Å²) in [7, 11) is 0. The zero-order chi connectivity index (χ0) is 13.1. The molecule has 1 unspecified atom stereocenters. The molecule has 0 bridgehead atoms. The SMILES string of the molecule is NC1=NCC2(CCCOCC2)N1Cc1ccccc1. The molecule has 0 aromatic heterocycles. The molecule has 0 saturated carbocycles. The van der Waals surface area contributed by atoms with Crippen LogP contribution in [0.2, 0.25) is 0 Å². The van der Waals surface area contributed by atoms with Gasteiger partial charge >= 0.3 is 0 Å². The third-order valence-electron chi connectivity index (χ3n) is 4.21. The molecule has 3 rings (SSSR count). The van der Waals surface area contributed by atoms with Crippen LogP contribution in [0.4, 0.5) is 0 Å². The lowest BCUT2D eigenvalue weighted by atomic mass is 9.89. The lowest BCUT2D eigenvalue weighted by Crippen LogP contribution is -2.51. The fourth-order valence-electron chi connectivity index (χ4n) is 3.08. The van der Waals surface area contributed by atoms with E-state index in [4.69, 9.17) is 10.5 Å². The fraction of sp³-hybridized carbons (Fsp3) is 0.533. The molecule has 1 saturated heterocycles. The van der Waals surface area contributed by atoms with E-state index in [2.05, 4.69) is 34.2 Å². The van der Waals surface area contributed by atoms with Gasteiger partial charge in [0.25, 0.3) is 0 Å². The minimum atomic E-state index is 0.0798. The van der Waals surface area contributed by atoms with Crippen molar-refractivity contribution >= 4 is 5.96 Å². The second-order valence-electron chi connectivity index (χ2n) is 5.44. The molecule has 0 aliphatic carbocycles. The topological polar surface area (TPSA) is 50.9 Å². The van der Waals surface area contributed by atoms with Gasteiger partial charge in [0.1, 0.15) is 0 Å². The van der Waals surface area contributed by atoms with Crippen molar-refractivity contribution in [3.05, 3.63) is 35.9 Å². The molecule has 2 aliphatic heterocycles. The summed E-state index contributed by atoms with van der Waals surface area (Å²) in [6.07, 6.45) is 3.22. The molecule has 4 heteroatoms. The standard InChI is InChI=1S/C15H21N3O/c16-14-17-12-15(7-4-9-19-10-8-15)18(14)11-13-5-2-1-3-6-13/h1-3,5-6H,4,7-12H2,(H2,16,17). The molecule has 0 amide bonds. The predicted molar refractivity (Wildman–Crippen MR) is 75.9 cm³/mol. The van der Waals surface area contributed by atoms with Crippen LogP contribution < -0.4 is 5.73 Å². The molecule has 1 aromatic rings. The van der Waals surface area contributed by atoms with Crippen molar-refractivity contribution < 1.29 is 4.74 Å². The first-order chi connectivity index (χ1) is 9.30. The molecule has 0 radical (unpaired) electrons. The predicted octanol–water partition coefficient (Wildman–Crippen LogP) is 1.76. The monoisotopic (exact) mass is 259 g/mol. The second kappa shape index (κ2) is 5.21. The van der Waals surface area contributed by atoms with Crippen molar-refractivity contribution in [2.75, 3.05) is 19.8 Å². The Kier molecular flexibility index (Phi) is 3.42. The number of guanidine groups is 1. The number of rotatable bonds is 2. The van der Waals surface area contributed by atoms with Gasteiger partial charge in [0.15, 0.2) is 5.96 Å². The maximum atomic E-state index is 6.12. The van der Waals surface area contributed by atoms with Crippen molar-refractivity contribution in [2.24, 2.45) is 10.7 Å². The van der Waals surface area contributed by atoms with Gasteiger partial charge in [-0.3, -0.25) is 4.99 Å². The summed E-state index contributed by atoms with van der Waals surface area (Å²) in [6, 6.07) is 10.5. The normalized spacial score (nSPS) is 27.4. The van der Waals surface area contributed by atoms with Crippen molar-refractivity contribution in [1.29, 1.82) is 0 Å². The Bertz CT molecular complexity index is 450. The molecule has 2 N–H and O–H groups in total. The summed E-state index contributed by atoms with van der Waals surface area (Å²) < 4.78 is 5.60. The highest BCUT2D eigenvalue weighted by atomic mass is 16.5. The van der Waals surface area contributed by atoms with Crippen LogP contribution in [0.3, 0.4) is 0 Å². The summed E-state index contributed by atoms with van der Waals surface area (Å²) in [4.78, 5) is 6.79. The molecule has 1 atom stereocenters. The van der Waals surface area contributed by atoms with Gasteiger partial charge in [0.05, 0.1) is 12.1 Å². The van der Waals surface area contributed by atoms with Crippen molar-refractivity contribution in [2.45, 2.75) is 31.3 Å². The Labute approximate surface area is 114 Å². The Morgan fingerprint density at radius 3 is 2.89 bits per heavy atom. The molecule has 102 valence electrons. The Balaban J connectivity index is 1.81. The zero-order valence-electron chi connectivity index (χ0n) is 11.2. The second-order valence-corrected chi connectivity index (χ2v) is 5.44. The van der Waals surface area contributed by atoms with Crippen LogP contribution in [0.5, 0.6) is 0 Å². The average molecular weight is 259 g/mol. The van der Waals surface area contributed by atoms with E-state index >= 15 is 0 Å². The minimum Gasteiger partial charge on any atom is -0.381 e. The van der Waals surface area contributed by atoms with E-state index in [1.165, 1.54) is 5.56 Å². The number of nitrogens with two attached hydrogens (primary N) is 1. The van der Waals surface area contributed by atoms with Crippen molar-refractivity contribution in [3.63, 3.8) is 0 Å². The number of nitrogens with zero attached hydrogens (tertiary/aromatic N) is 2. The highest BCUT2D eigenvalue weighted by molar-refractivity contribution is 5.81. The van der Waals surface area contributed by atoms with Gasteiger partial charge in [-0.1, -0.05) is 30.3 Å². The molecular formula is C15H21N3O. The van der Waals surface area contributed by atoms with Gasteiger partial charge in [0.2, 0.25) is 0 Å². The van der Waals surface area contributed by atoms with E-state index < -0.39 is 0 Å². The Hall–Kier alpha value is -1.55. The van der Waals surface area contributed by atoms with Crippen LogP contribution in [0.25, 0.3) is 0 Å². The maximum Gasteiger partial charge on any atom is 0.192 e. The van der Waals surface area contributed by atoms with Crippen LogP contribution in [0.15, 0.2) is 35.3 Å². The van der Waals surface area contributed by atoms with E-state index in [1.807, 2.05) is 6.07 Å². The van der Waals surface area contributed by atoms with Crippen LogP contribution in [-0.2, 0) is 11.3 Å². The molecule has 1 fully saturated rings. The first-order valence-electron chi connectivity index (χ1n) is 6.99. The summed E-state index contributed by atoms with van der Waals surface area (Å²) in [6.45, 7) is 3.33. The fourth-order valence-corrected chi connectivity index (χ4v) is 3.08. The highest BCUT2D eigenvalue weighted by Crippen LogP contribution is 2.33. The van der Waals surface area contributed by atoms with E-state index in [-0.39, 0.29) is 5.54 Å². The van der Waals surface area contributed by atoms with E-state index in [9.17, 15) is 0 Å². The first kappa shape index (κ1) is 12.5. The third kappa shape index (κ3) is 2.45. The number of hydrogen-bond donors (Lipinski definition) is 1. The van der Waals surface area contributed by atoms with E-state index in [1.54, 1.807) is 0 Å². The van der Waals surface area contributed by atoms with E-state index in [0.717, 1.165) is 45.6 Å². The number of hydrogen-bond acceptors (Lipinski definition) is 4. The van der Waals surface area contributed by atoms with Crippen molar-refractivity contribution in [3.8, 4) is 0 Å². The van der Waals surface area contributed by atoms with Crippen LogP contribution in [-0.4, -0.2) is 36.2 Å². The summed E-state index contributed by atoms with van der Waals surface area (Å²) in [5, 5.41) is 0. The first-order valence-corrected chi connectivity index (χ1v) is 6.99. The summed E-state index contributed by atoms with van der Waals surface area (Å²) in [5.74, 6) is 0.686. The number of benzene rings is 1. The highest BCUT2D eigenvalue weighted by Gasteiger charge is 2.42. The maximum absolute atomic E-state index is 6.12. The third-order valence-corrected chi connectivity index (χ3v) is 4.21. The van der Waals surface area contributed by atoms with Gasteiger partial charge in [-0.05, 0) is 24.8 Å². The quantitative estimate of drug-likeness (QED) is 0.880. The summed E-state index contributed by atoms with van der Waals surface area (Å²) in [5.41, 5.74) is 7.48. The molecule has 19 heavy (non-hydrogen) atoms. The van der Waals surface area contributed by atoms with Crippen LogP contribution >= 0.6 is 0 Å². The molecule has 1 aromatic carbocycles. The number of aliphatic imine (C=N–C) groups is 1. The van der Waals surface area contributed by atoms with Crippen LogP contribution in [0.1, 0.15) is 24.8 Å². The van der Waals surface area contributed by atoms with Gasteiger partial charge in [-0.25, -0.2) is 0 Å². The van der Waals surface area contributed by atoms with E-state index in [0.29, 0.717) is 5.96 Å². The number of ether oxygens (including phenoxy) is 1. The van der Waals surface area contributed by atoms with Crippen LogP contribution in [0, 0.1) is 0 Å². The largest absolute Gasteiger partial charge is 0.381 e. The molecule has 2 aliphatic rings. The van der Waals surface area contributed by atoms with Gasteiger partial charge < -0.3 is 15.4 Å². The molecule has 1 spiro atoms. The van der Waals surface area contributed by atoms with Crippen molar-refractivity contribution in [1.82, 2.24) is 4.90 Å². The van der Waals surface area contributed by atoms with Gasteiger partial charge in [0, 0.05) is 19.8 Å². The zero-order valence-corrected chi connectivity index (χ0v) is 11.2. The van der Waals surface area contributed by atoms with Gasteiger partial charge in [-0.15, -0.1) is 0 Å². The Morgan fingerprint density at radius 2 is 2.05 bits per heavy atom. The smallest absolute Gasteiger partial charge is 0.192 e. The lowest BCUT2D eigenvalue weighted by molar-refractivity contribution is 0.120. The minimum absolute atomic E-state index is 0.0798. The summed E-state index contributed by atoms with van der Waals surface area (Å²) >= 11 is 0. The Morgan fingerprint density at radius 1 is 1.21 bits per heavy atom. The van der Waals surface area contributed by atoms with Gasteiger partial charge in [-0.2, -0.15) is 0 Å². The molecule has 4 nitrogen and oxygen atoms in total. The molecule has 2 heterocycles. The lowest BCUT2D eigenvalue weighted by Gasteiger charge is -2.38.